The molecule has 2 atom stereocenters. The van der Waals surface area contributed by atoms with Crippen molar-refractivity contribution in [2.45, 2.75) is 56.8 Å². The molecular formula is C15H21FN2O. The summed E-state index contributed by atoms with van der Waals surface area (Å²) in [6.45, 7) is 3.03. The Morgan fingerprint density at radius 3 is 2.79 bits per heavy atom. The molecule has 3 nitrogen and oxygen atoms in total. The molecule has 19 heavy (non-hydrogen) atoms. The van der Waals surface area contributed by atoms with Crippen molar-refractivity contribution in [3.05, 3.63) is 29.8 Å². The van der Waals surface area contributed by atoms with Gasteiger partial charge in [-0.2, -0.15) is 0 Å². The fourth-order valence-electron chi connectivity index (χ4n) is 3.23. The summed E-state index contributed by atoms with van der Waals surface area (Å²) in [6.07, 6.45) is 7.20. The smallest absolute Gasteiger partial charge is 0.141 e. The summed E-state index contributed by atoms with van der Waals surface area (Å²) in [7, 11) is 0. The summed E-state index contributed by atoms with van der Waals surface area (Å²) >= 11 is 0. The number of morpholine rings is 1. The lowest BCUT2D eigenvalue weighted by atomic mass is 9.82. The molecule has 1 aliphatic heterocycles. The van der Waals surface area contributed by atoms with E-state index in [0.29, 0.717) is 0 Å². The van der Waals surface area contributed by atoms with E-state index in [0.717, 1.165) is 25.1 Å². The Hall–Kier alpha value is -1.00. The summed E-state index contributed by atoms with van der Waals surface area (Å²) < 4.78 is 19.4. The summed E-state index contributed by atoms with van der Waals surface area (Å²) in [5.41, 5.74) is 0.789. The highest BCUT2D eigenvalue weighted by atomic mass is 19.1. The minimum absolute atomic E-state index is 0.0362. The molecule has 1 spiro atoms. The maximum atomic E-state index is 13.0. The Morgan fingerprint density at radius 1 is 1.32 bits per heavy atom. The average Bonchev–Trinajstić information content (AvgIpc) is 2.44. The third-order valence-corrected chi connectivity index (χ3v) is 4.38. The molecule has 0 aromatic carbocycles. The van der Waals surface area contributed by atoms with E-state index < -0.39 is 0 Å². The third kappa shape index (κ3) is 2.65. The zero-order valence-electron chi connectivity index (χ0n) is 11.4. The van der Waals surface area contributed by atoms with E-state index in [4.69, 9.17) is 4.74 Å². The van der Waals surface area contributed by atoms with E-state index in [1.165, 1.54) is 31.5 Å². The van der Waals surface area contributed by atoms with Gasteiger partial charge in [-0.05, 0) is 31.9 Å². The highest BCUT2D eigenvalue weighted by Crippen LogP contribution is 2.39. The molecule has 2 heterocycles. The largest absolute Gasteiger partial charge is 0.363 e. The Bertz CT molecular complexity index is 428. The minimum atomic E-state index is -0.299. The standard InChI is InChI=1S/C15H21FN2O/c1-11-14(13-6-5-12(16)9-17-13)19-15(10-18-11)7-3-2-4-8-15/h5-6,9,11,14,18H,2-4,7-8,10H2,1H3. The Balaban J connectivity index is 1.80. The van der Waals surface area contributed by atoms with Crippen molar-refractivity contribution in [3.63, 3.8) is 0 Å². The molecule has 0 bridgehead atoms. The van der Waals surface area contributed by atoms with Crippen LogP contribution in [0.5, 0.6) is 0 Å². The number of nitrogens with one attached hydrogen (secondary N) is 1. The first-order chi connectivity index (χ1) is 9.19. The molecule has 104 valence electrons. The van der Waals surface area contributed by atoms with Crippen LogP contribution in [0.1, 0.15) is 50.8 Å². The number of hydrogen-bond acceptors (Lipinski definition) is 3. The van der Waals surface area contributed by atoms with Crippen molar-refractivity contribution < 1.29 is 9.13 Å². The molecule has 1 saturated carbocycles. The van der Waals surface area contributed by atoms with Crippen molar-refractivity contribution in [2.75, 3.05) is 6.54 Å². The molecule has 1 aromatic heterocycles. The molecule has 0 amide bonds. The van der Waals surface area contributed by atoms with Crippen LogP contribution < -0.4 is 5.32 Å². The van der Waals surface area contributed by atoms with Crippen molar-refractivity contribution in [1.82, 2.24) is 10.3 Å². The number of halogens is 1. The van der Waals surface area contributed by atoms with Gasteiger partial charge in [-0.25, -0.2) is 4.39 Å². The fraction of sp³-hybridized carbons (Fsp3) is 0.667. The lowest BCUT2D eigenvalue weighted by Crippen LogP contribution is -2.55. The first kappa shape index (κ1) is 13.0. The quantitative estimate of drug-likeness (QED) is 0.846. The SMILES string of the molecule is CC1NCC2(CCCCC2)OC1c1ccc(F)cn1. The third-order valence-electron chi connectivity index (χ3n) is 4.38. The first-order valence-corrected chi connectivity index (χ1v) is 7.21. The van der Waals surface area contributed by atoms with Crippen molar-refractivity contribution in [1.29, 1.82) is 0 Å². The van der Waals surface area contributed by atoms with Gasteiger partial charge < -0.3 is 10.1 Å². The zero-order valence-corrected chi connectivity index (χ0v) is 11.4. The number of ether oxygens (including phenoxy) is 1. The van der Waals surface area contributed by atoms with Crippen LogP contribution in [0.4, 0.5) is 4.39 Å². The normalized spacial score (nSPS) is 30.4. The van der Waals surface area contributed by atoms with Gasteiger partial charge in [0.15, 0.2) is 0 Å². The van der Waals surface area contributed by atoms with Gasteiger partial charge in [-0.15, -0.1) is 0 Å². The molecule has 1 aliphatic carbocycles. The molecule has 2 fully saturated rings. The minimum Gasteiger partial charge on any atom is -0.363 e. The lowest BCUT2D eigenvalue weighted by molar-refractivity contribution is -0.152. The number of nitrogens with zero attached hydrogens (tertiary/aromatic N) is 1. The second-order valence-electron chi connectivity index (χ2n) is 5.85. The van der Waals surface area contributed by atoms with Gasteiger partial charge in [0.1, 0.15) is 11.9 Å². The maximum Gasteiger partial charge on any atom is 0.141 e. The van der Waals surface area contributed by atoms with E-state index in [2.05, 4.69) is 17.2 Å². The Labute approximate surface area is 113 Å². The van der Waals surface area contributed by atoms with Crippen molar-refractivity contribution in [3.8, 4) is 0 Å². The van der Waals surface area contributed by atoms with E-state index in [9.17, 15) is 4.39 Å². The van der Waals surface area contributed by atoms with E-state index in [-0.39, 0.29) is 23.6 Å². The summed E-state index contributed by atoms with van der Waals surface area (Å²) in [6, 6.07) is 3.41. The zero-order chi connectivity index (χ0) is 13.3. The molecular weight excluding hydrogens is 243 g/mol. The molecule has 1 aromatic rings. The van der Waals surface area contributed by atoms with Gasteiger partial charge in [-0.3, -0.25) is 4.98 Å². The lowest BCUT2D eigenvalue weighted by Gasteiger charge is -2.46. The molecule has 2 aliphatic rings. The van der Waals surface area contributed by atoms with Crippen molar-refractivity contribution >= 4 is 0 Å². The van der Waals surface area contributed by atoms with E-state index in [1.807, 2.05) is 0 Å². The predicted molar refractivity (Wildman–Crippen MR) is 71.3 cm³/mol. The summed E-state index contributed by atoms with van der Waals surface area (Å²) in [5.74, 6) is -0.299. The van der Waals surface area contributed by atoms with Crippen molar-refractivity contribution in [2.24, 2.45) is 0 Å². The Kier molecular flexibility index (Phi) is 3.54. The van der Waals surface area contributed by atoms with Gasteiger partial charge in [0.2, 0.25) is 0 Å². The predicted octanol–water partition coefficient (Wildman–Crippen LogP) is 2.97. The number of hydrogen-bond donors (Lipinski definition) is 1. The highest BCUT2D eigenvalue weighted by Gasteiger charge is 2.41. The molecule has 1 N–H and O–H groups in total. The van der Waals surface area contributed by atoms with Crippen LogP contribution in [0.2, 0.25) is 0 Å². The second kappa shape index (κ2) is 5.17. The van der Waals surface area contributed by atoms with Gasteiger partial charge in [0.25, 0.3) is 0 Å². The van der Waals surface area contributed by atoms with Gasteiger partial charge >= 0.3 is 0 Å². The first-order valence-electron chi connectivity index (χ1n) is 7.21. The van der Waals surface area contributed by atoms with Gasteiger partial charge in [0, 0.05) is 12.6 Å². The van der Waals surface area contributed by atoms with E-state index >= 15 is 0 Å². The molecule has 3 rings (SSSR count). The second-order valence-corrected chi connectivity index (χ2v) is 5.85. The molecule has 0 radical (unpaired) electrons. The van der Waals surface area contributed by atoms with Crippen LogP contribution >= 0.6 is 0 Å². The topological polar surface area (TPSA) is 34.1 Å². The fourth-order valence-corrected chi connectivity index (χ4v) is 3.23. The molecule has 4 heteroatoms. The molecule has 2 unspecified atom stereocenters. The van der Waals surface area contributed by atoms with Crippen LogP contribution in [0.3, 0.4) is 0 Å². The van der Waals surface area contributed by atoms with Crippen LogP contribution in [0, 0.1) is 5.82 Å². The van der Waals surface area contributed by atoms with Crippen LogP contribution in [0.25, 0.3) is 0 Å². The molecule has 1 saturated heterocycles. The Morgan fingerprint density at radius 2 is 2.11 bits per heavy atom. The summed E-state index contributed by atoms with van der Waals surface area (Å²) in [5, 5.41) is 3.55. The van der Waals surface area contributed by atoms with Gasteiger partial charge in [-0.1, -0.05) is 19.3 Å². The van der Waals surface area contributed by atoms with Crippen LogP contribution in [-0.4, -0.2) is 23.2 Å². The van der Waals surface area contributed by atoms with Crippen LogP contribution in [-0.2, 0) is 4.74 Å². The number of aromatic nitrogens is 1. The number of rotatable bonds is 1. The maximum absolute atomic E-state index is 13.0. The highest BCUT2D eigenvalue weighted by molar-refractivity contribution is 5.12. The van der Waals surface area contributed by atoms with Crippen LogP contribution in [0.15, 0.2) is 18.3 Å². The van der Waals surface area contributed by atoms with Gasteiger partial charge in [0.05, 0.1) is 17.5 Å². The van der Waals surface area contributed by atoms with E-state index in [1.54, 1.807) is 6.07 Å². The summed E-state index contributed by atoms with van der Waals surface area (Å²) in [4.78, 5) is 4.19. The average molecular weight is 264 g/mol. The number of pyridine rings is 1. The monoisotopic (exact) mass is 264 g/mol.